The molecule has 0 fully saturated rings. The van der Waals surface area contributed by atoms with Gasteiger partial charge in [0.1, 0.15) is 0 Å². The van der Waals surface area contributed by atoms with Crippen molar-refractivity contribution in [1.82, 2.24) is 5.32 Å². The minimum absolute atomic E-state index is 0.0475. The number of carboxylic acid groups (broad SMARTS) is 1. The highest BCUT2D eigenvalue weighted by Gasteiger charge is 2.00. The second-order valence-corrected chi connectivity index (χ2v) is 2.90. The number of carboxylic acids is 1. The molecule has 0 spiro atoms. The second kappa shape index (κ2) is 7.60. The third-order valence-corrected chi connectivity index (χ3v) is 1.52. The molecule has 0 rings (SSSR count). The molecule has 0 radical (unpaired) electrons. The summed E-state index contributed by atoms with van der Waals surface area (Å²) in [6.45, 7) is 0.597. The number of rotatable bonds is 7. The van der Waals surface area contributed by atoms with Gasteiger partial charge in [-0.15, -0.1) is 0 Å². The summed E-state index contributed by atoms with van der Waals surface area (Å²) in [4.78, 5) is 24.8. The monoisotopic (exact) mass is 216 g/mol. The fourth-order valence-corrected chi connectivity index (χ4v) is 0.842. The Kier molecular flexibility index (Phi) is 6.69. The number of amides is 1. The number of nitrogens with one attached hydrogen (secondary N) is 1. The Hall–Kier alpha value is -1.79. The van der Waals surface area contributed by atoms with Crippen LogP contribution in [-0.4, -0.2) is 36.0 Å². The van der Waals surface area contributed by atoms with Crippen molar-refractivity contribution in [1.29, 1.82) is 0 Å². The topological polar surface area (TPSA) is 131 Å². The molecule has 1 amide bonds. The van der Waals surface area contributed by atoms with Gasteiger partial charge in [-0.1, -0.05) is 0 Å². The fraction of sp³-hybridized carbons (Fsp3) is 0.625. The van der Waals surface area contributed by atoms with Gasteiger partial charge in [0.2, 0.25) is 5.91 Å². The summed E-state index contributed by atoms with van der Waals surface area (Å²) >= 11 is 0. The number of nitrogens with zero attached hydrogens (tertiary/aromatic N) is 1. The number of nitrogens with two attached hydrogens (primary N) is 2. The second-order valence-electron chi connectivity index (χ2n) is 2.90. The fourth-order valence-electron chi connectivity index (χ4n) is 0.842. The Morgan fingerprint density at radius 1 is 1.27 bits per heavy atom. The third-order valence-electron chi connectivity index (χ3n) is 1.52. The predicted octanol–water partition coefficient (Wildman–Crippen LogP) is -1.37. The van der Waals surface area contributed by atoms with Crippen LogP contribution < -0.4 is 16.8 Å². The normalized spacial score (nSPS) is 9.33. The van der Waals surface area contributed by atoms with Crippen molar-refractivity contribution >= 4 is 17.8 Å². The molecule has 0 aromatic rings. The zero-order chi connectivity index (χ0) is 11.7. The van der Waals surface area contributed by atoms with Gasteiger partial charge in [-0.3, -0.25) is 14.6 Å². The molecule has 0 saturated heterocycles. The number of carbonyl (C=O) groups is 2. The lowest BCUT2D eigenvalue weighted by atomic mass is 10.3. The van der Waals surface area contributed by atoms with Crippen LogP contribution in [0.3, 0.4) is 0 Å². The molecule has 15 heavy (non-hydrogen) atoms. The SMILES string of the molecule is NC(N)=NCCC(=O)NCCCC(=O)O. The Labute approximate surface area is 87.5 Å². The van der Waals surface area contributed by atoms with E-state index in [1.54, 1.807) is 0 Å². The molecule has 7 nitrogen and oxygen atoms in total. The summed E-state index contributed by atoms with van der Waals surface area (Å²) in [6.07, 6.45) is 0.669. The van der Waals surface area contributed by atoms with E-state index in [4.69, 9.17) is 16.6 Å². The van der Waals surface area contributed by atoms with E-state index in [-0.39, 0.29) is 31.3 Å². The van der Waals surface area contributed by atoms with Crippen LogP contribution in [0.15, 0.2) is 4.99 Å². The molecular weight excluding hydrogens is 200 g/mol. The average molecular weight is 216 g/mol. The first kappa shape index (κ1) is 13.2. The molecule has 0 heterocycles. The number of guanidine groups is 1. The maximum absolute atomic E-state index is 11.1. The van der Waals surface area contributed by atoms with Crippen molar-refractivity contribution in [3.8, 4) is 0 Å². The van der Waals surface area contributed by atoms with E-state index in [9.17, 15) is 9.59 Å². The van der Waals surface area contributed by atoms with Gasteiger partial charge in [0.15, 0.2) is 5.96 Å². The van der Waals surface area contributed by atoms with Crippen LogP contribution >= 0.6 is 0 Å². The summed E-state index contributed by atoms with van der Waals surface area (Å²) in [6, 6.07) is 0. The van der Waals surface area contributed by atoms with Crippen LogP contribution in [0.25, 0.3) is 0 Å². The van der Waals surface area contributed by atoms with E-state index in [2.05, 4.69) is 10.3 Å². The van der Waals surface area contributed by atoms with Gasteiger partial charge >= 0.3 is 5.97 Å². The first-order valence-electron chi connectivity index (χ1n) is 4.56. The van der Waals surface area contributed by atoms with Gasteiger partial charge in [0.05, 0.1) is 6.54 Å². The Morgan fingerprint density at radius 3 is 2.47 bits per heavy atom. The first-order chi connectivity index (χ1) is 7.02. The highest BCUT2D eigenvalue weighted by molar-refractivity contribution is 5.78. The van der Waals surface area contributed by atoms with Gasteiger partial charge in [0.25, 0.3) is 0 Å². The zero-order valence-electron chi connectivity index (χ0n) is 8.40. The molecule has 86 valence electrons. The molecule has 0 aliphatic heterocycles. The first-order valence-corrected chi connectivity index (χ1v) is 4.56. The highest BCUT2D eigenvalue weighted by Crippen LogP contribution is 1.87. The van der Waals surface area contributed by atoms with Crippen LogP contribution in [0.4, 0.5) is 0 Å². The number of carbonyl (C=O) groups excluding carboxylic acids is 1. The molecule has 0 bridgehead atoms. The molecule has 7 heteroatoms. The predicted molar refractivity (Wildman–Crippen MR) is 55.2 cm³/mol. The molecule has 0 aliphatic carbocycles. The van der Waals surface area contributed by atoms with E-state index in [0.29, 0.717) is 13.0 Å². The third kappa shape index (κ3) is 10.1. The Morgan fingerprint density at radius 2 is 1.93 bits per heavy atom. The number of aliphatic imine (C=N–C) groups is 1. The number of hydrogen-bond donors (Lipinski definition) is 4. The number of hydrogen-bond acceptors (Lipinski definition) is 3. The summed E-state index contributed by atoms with van der Waals surface area (Å²) in [5.41, 5.74) is 10.1. The van der Waals surface area contributed by atoms with E-state index in [0.717, 1.165) is 0 Å². The van der Waals surface area contributed by atoms with Gasteiger partial charge in [-0.2, -0.15) is 0 Å². The molecule has 0 aliphatic rings. The lowest BCUT2D eigenvalue weighted by Crippen LogP contribution is -2.27. The Bertz CT molecular complexity index is 248. The maximum atomic E-state index is 11.1. The highest BCUT2D eigenvalue weighted by atomic mass is 16.4. The van der Waals surface area contributed by atoms with Gasteiger partial charge < -0.3 is 21.9 Å². The Balaban J connectivity index is 3.42. The molecule has 0 saturated carbocycles. The summed E-state index contributed by atoms with van der Waals surface area (Å²) < 4.78 is 0. The lowest BCUT2D eigenvalue weighted by Gasteiger charge is -2.02. The molecule has 0 aromatic carbocycles. The number of aliphatic carboxylic acids is 1. The van der Waals surface area contributed by atoms with Crippen LogP contribution in [0.5, 0.6) is 0 Å². The van der Waals surface area contributed by atoms with Crippen LogP contribution in [0.1, 0.15) is 19.3 Å². The van der Waals surface area contributed by atoms with Crippen molar-refractivity contribution in [2.24, 2.45) is 16.5 Å². The van der Waals surface area contributed by atoms with E-state index in [1.807, 2.05) is 0 Å². The van der Waals surface area contributed by atoms with Gasteiger partial charge in [-0.25, -0.2) is 0 Å². The molecular formula is C8H16N4O3. The maximum Gasteiger partial charge on any atom is 0.303 e. The summed E-state index contributed by atoms with van der Waals surface area (Å²) in [5, 5.41) is 10.9. The molecule has 0 unspecified atom stereocenters. The quantitative estimate of drug-likeness (QED) is 0.237. The standard InChI is InChI=1S/C8H16N4O3/c9-8(10)12-5-3-6(13)11-4-1-2-7(14)15/h1-5H2,(H,11,13)(H,14,15)(H4,9,10,12). The van der Waals surface area contributed by atoms with E-state index >= 15 is 0 Å². The van der Waals surface area contributed by atoms with Crippen LogP contribution in [0.2, 0.25) is 0 Å². The minimum Gasteiger partial charge on any atom is -0.481 e. The van der Waals surface area contributed by atoms with Crippen molar-refractivity contribution in [3.05, 3.63) is 0 Å². The average Bonchev–Trinajstić information content (AvgIpc) is 2.11. The van der Waals surface area contributed by atoms with Crippen molar-refractivity contribution in [2.75, 3.05) is 13.1 Å². The van der Waals surface area contributed by atoms with Crippen molar-refractivity contribution in [3.63, 3.8) is 0 Å². The van der Waals surface area contributed by atoms with Crippen LogP contribution in [0, 0.1) is 0 Å². The smallest absolute Gasteiger partial charge is 0.303 e. The minimum atomic E-state index is -0.871. The largest absolute Gasteiger partial charge is 0.481 e. The van der Waals surface area contributed by atoms with E-state index < -0.39 is 5.97 Å². The van der Waals surface area contributed by atoms with Gasteiger partial charge in [-0.05, 0) is 6.42 Å². The summed E-state index contributed by atoms with van der Waals surface area (Å²) in [5.74, 6) is -1.11. The van der Waals surface area contributed by atoms with Crippen molar-refractivity contribution in [2.45, 2.75) is 19.3 Å². The summed E-state index contributed by atoms with van der Waals surface area (Å²) in [7, 11) is 0. The molecule has 0 atom stereocenters. The molecule has 6 N–H and O–H groups in total. The van der Waals surface area contributed by atoms with E-state index in [1.165, 1.54) is 0 Å². The van der Waals surface area contributed by atoms with Gasteiger partial charge in [0, 0.05) is 19.4 Å². The molecule has 0 aromatic heterocycles. The lowest BCUT2D eigenvalue weighted by molar-refractivity contribution is -0.137. The van der Waals surface area contributed by atoms with Crippen molar-refractivity contribution < 1.29 is 14.7 Å². The van der Waals surface area contributed by atoms with Crippen LogP contribution in [-0.2, 0) is 9.59 Å². The zero-order valence-corrected chi connectivity index (χ0v) is 8.40.